The van der Waals surface area contributed by atoms with Crippen molar-refractivity contribution in [2.24, 2.45) is 0 Å². The summed E-state index contributed by atoms with van der Waals surface area (Å²) in [6, 6.07) is 29.8. The lowest BCUT2D eigenvalue weighted by molar-refractivity contribution is 0.426. The first kappa shape index (κ1) is 14.8. The third-order valence-electron chi connectivity index (χ3n) is 4.19. The second-order valence-electron chi connectivity index (χ2n) is 5.43. The summed E-state index contributed by atoms with van der Waals surface area (Å²) in [4.78, 5) is 0. The van der Waals surface area contributed by atoms with E-state index >= 15 is 0 Å². The normalized spacial score (nSPS) is 11.4. The lowest BCUT2D eigenvalue weighted by Crippen LogP contribution is -2.69. The van der Waals surface area contributed by atoms with Crippen LogP contribution in [0.2, 0.25) is 0 Å². The second-order valence-corrected chi connectivity index (χ2v) is 8.90. The summed E-state index contributed by atoms with van der Waals surface area (Å²) < 4.78 is 6.32. The zero-order chi connectivity index (χ0) is 15.4. The van der Waals surface area contributed by atoms with Crippen LogP contribution in [0, 0.1) is 6.92 Å². The van der Waals surface area contributed by atoms with E-state index in [4.69, 9.17) is 4.43 Å². The monoisotopic (exact) mass is 304 g/mol. The number of aryl methyl sites for hydroxylation is 1. The lowest BCUT2D eigenvalue weighted by Gasteiger charge is -2.32. The number of hydrogen-bond donors (Lipinski definition) is 0. The third kappa shape index (κ3) is 2.41. The van der Waals surface area contributed by atoms with Crippen LogP contribution in [-0.2, 0) is 4.43 Å². The Bertz CT molecular complexity index is 698. The van der Waals surface area contributed by atoms with E-state index in [0.29, 0.717) is 0 Å². The van der Waals surface area contributed by atoms with Gasteiger partial charge in [-0.1, -0.05) is 84.9 Å². The van der Waals surface area contributed by atoms with Crippen LogP contribution in [0.3, 0.4) is 0 Å². The topological polar surface area (TPSA) is 9.23 Å². The van der Waals surface area contributed by atoms with Gasteiger partial charge in [-0.3, -0.25) is 0 Å². The maximum absolute atomic E-state index is 6.32. The van der Waals surface area contributed by atoms with E-state index in [-0.39, 0.29) is 0 Å². The standard InChI is InChI=1S/C20H20OSi/c1-17-11-9-10-16-20(17)22(21-2,18-12-5-3-6-13-18)19-14-7-4-8-15-19/h3-16H,1-2H3. The summed E-state index contributed by atoms with van der Waals surface area (Å²) in [6.07, 6.45) is 0. The second kappa shape index (κ2) is 6.30. The molecule has 3 aromatic rings. The molecule has 1 nitrogen and oxygen atoms in total. The van der Waals surface area contributed by atoms with E-state index < -0.39 is 8.32 Å². The van der Waals surface area contributed by atoms with Crippen LogP contribution in [0.5, 0.6) is 0 Å². The maximum Gasteiger partial charge on any atom is 0.288 e. The highest BCUT2D eigenvalue weighted by atomic mass is 28.4. The fourth-order valence-electron chi connectivity index (χ4n) is 3.14. The van der Waals surface area contributed by atoms with Gasteiger partial charge in [-0.15, -0.1) is 0 Å². The SMILES string of the molecule is CO[Si](c1ccccc1)(c1ccccc1)c1ccccc1C. The molecule has 0 radical (unpaired) electrons. The predicted octanol–water partition coefficient (Wildman–Crippen LogP) is 2.61. The van der Waals surface area contributed by atoms with E-state index in [2.05, 4.69) is 91.9 Å². The van der Waals surface area contributed by atoms with Crippen molar-refractivity contribution in [3.05, 3.63) is 90.5 Å². The fourth-order valence-corrected chi connectivity index (χ4v) is 7.08. The summed E-state index contributed by atoms with van der Waals surface area (Å²) in [5, 5.41) is 3.87. The molecule has 110 valence electrons. The molecule has 3 rings (SSSR count). The van der Waals surface area contributed by atoms with Gasteiger partial charge in [0, 0.05) is 7.11 Å². The highest BCUT2D eigenvalue weighted by Gasteiger charge is 2.41. The predicted molar refractivity (Wildman–Crippen MR) is 95.7 cm³/mol. The van der Waals surface area contributed by atoms with Gasteiger partial charge in [-0.2, -0.15) is 0 Å². The van der Waals surface area contributed by atoms with Gasteiger partial charge in [0.25, 0.3) is 8.32 Å². The third-order valence-corrected chi connectivity index (χ3v) is 8.42. The van der Waals surface area contributed by atoms with Gasteiger partial charge in [-0.25, -0.2) is 0 Å². The Morgan fingerprint density at radius 1 is 0.636 bits per heavy atom. The molecule has 0 heterocycles. The molecule has 0 unspecified atom stereocenters. The summed E-state index contributed by atoms with van der Waals surface area (Å²) in [6.45, 7) is 2.17. The molecule has 0 saturated carbocycles. The Kier molecular flexibility index (Phi) is 4.23. The van der Waals surface area contributed by atoms with Gasteiger partial charge < -0.3 is 4.43 Å². The van der Waals surface area contributed by atoms with E-state index in [9.17, 15) is 0 Å². The van der Waals surface area contributed by atoms with Gasteiger partial charge in [0.05, 0.1) is 0 Å². The highest BCUT2D eigenvalue weighted by Crippen LogP contribution is 2.10. The van der Waals surface area contributed by atoms with Crippen molar-refractivity contribution in [1.29, 1.82) is 0 Å². The fraction of sp³-hybridized carbons (Fsp3) is 0.100. The smallest absolute Gasteiger partial charge is 0.288 e. The average molecular weight is 304 g/mol. The van der Waals surface area contributed by atoms with Crippen LogP contribution in [-0.4, -0.2) is 15.4 Å². The Morgan fingerprint density at radius 3 is 1.55 bits per heavy atom. The van der Waals surface area contributed by atoms with E-state index in [0.717, 1.165) is 0 Å². The van der Waals surface area contributed by atoms with Crippen LogP contribution >= 0.6 is 0 Å². The molecule has 0 saturated heterocycles. The number of hydrogen-bond acceptors (Lipinski definition) is 1. The molecule has 3 aromatic carbocycles. The molecular formula is C20H20OSi. The van der Waals surface area contributed by atoms with Crippen LogP contribution in [0.15, 0.2) is 84.9 Å². The van der Waals surface area contributed by atoms with Crippen molar-refractivity contribution in [2.45, 2.75) is 6.92 Å². The van der Waals surface area contributed by atoms with Gasteiger partial charge in [0.15, 0.2) is 0 Å². The minimum Gasteiger partial charge on any atom is -0.408 e. The van der Waals surface area contributed by atoms with Gasteiger partial charge >= 0.3 is 0 Å². The number of benzene rings is 3. The molecule has 0 bridgehead atoms. The van der Waals surface area contributed by atoms with Crippen molar-refractivity contribution in [3.8, 4) is 0 Å². The van der Waals surface area contributed by atoms with Crippen LogP contribution < -0.4 is 15.6 Å². The first-order valence-electron chi connectivity index (χ1n) is 7.51. The van der Waals surface area contributed by atoms with E-state index in [1.54, 1.807) is 0 Å². The number of rotatable bonds is 4. The lowest BCUT2D eigenvalue weighted by atomic mass is 10.2. The first-order chi connectivity index (χ1) is 10.8. The summed E-state index contributed by atoms with van der Waals surface area (Å²) in [5.41, 5.74) is 1.28. The molecule has 0 aliphatic carbocycles. The largest absolute Gasteiger partial charge is 0.408 e. The van der Waals surface area contributed by atoms with E-state index in [1.165, 1.54) is 21.1 Å². The summed E-state index contributed by atoms with van der Waals surface area (Å²) in [7, 11) is -0.596. The minimum absolute atomic E-state index is 1.28. The Morgan fingerprint density at radius 2 is 1.09 bits per heavy atom. The Hall–Kier alpha value is -2.16. The van der Waals surface area contributed by atoms with Crippen molar-refractivity contribution < 1.29 is 4.43 Å². The van der Waals surface area contributed by atoms with E-state index in [1.807, 2.05) is 7.11 Å². The van der Waals surface area contributed by atoms with Crippen molar-refractivity contribution in [1.82, 2.24) is 0 Å². The highest BCUT2D eigenvalue weighted by molar-refractivity contribution is 7.07. The quantitative estimate of drug-likeness (QED) is 0.532. The van der Waals surface area contributed by atoms with Crippen LogP contribution in [0.4, 0.5) is 0 Å². The molecule has 0 N–H and O–H groups in total. The maximum atomic E-state index is 6.32. The molecule has 2 heteroatoms. The molecule has 22 heavy (non-hydrogen) atoms. The first-order valence-corrected chi connectivity index (χ1v) is 9.42. The van der Waals surface area contributed by atoms with Crippen LogP contribution in [0.25, 0.3) is 0 Å². The van der Waals surface area contributed by atoms with Crippen molar-refractivity contribution in [3.63, 3.8) is 0 Å². The van der Waals surface area contributed by atoms with Gasteiger partial charge in [-0.05, 0) is 28.0 Å². The summed E-state index contributed by atoms with van der Waals surface area (Å²) >= 11 is 0. The molecular weight excluding hydrogens is 284 g/mol. The van der Waals surface area contributed by atoms with Crippen LogP contribution in [0.1, 0.15) is 5.56 Å². The van der Waals surface area contributed by atoms with Gasteiger partial charge in [0.1, 0.15) is 0 Å². The molecule has 0 spiro atoms. The molecule has 0 aliphatic heterocycles. The average Bonchev–Trinajstić information content (AvgIpc) is 2.59. The molecule has 0 fully saturated rings. The van der Waals surface area contributed by atoms with Crippen molar-refractivity contribution >= 4 is 23.9 Å². The van der Waals surface area contributed by atoms with Gasteiger partial charge in [0.2, 0.25) is 0 Å². The summed E-state index contributed by atoms with van der Waals surface area (Å²) in [5.74, 6) is 0. The molecule has 0 aromatic heterocycles. The Labute approximate surface area is 133 Å². The molecule has 0 amide bonds. The zero-order valence-corrected chi connectivity index (χ0v) is 14.0. The molecule has 0 atom stereocenters. The zero-order valence-electron chi connectivity index (χ0n) is 13.0. The van der Waals surface area contributed by atoms with Crippen molar-refractivity contribution in [2.75, 3.05) is 7.11 Å². The molecule has 0 aliphatic rings. The minimum atomic E-state index is -2.44. The Balaban J connectivity index is 2.34.